The van der Waals surface area contributed by atoms with Crippen LogP contribution in [0.3, 0.4) is 0 Å². The molecule has 0 spiro atoms. The van der Waals surface area contributed by atoms with Crippen molar-refractivity contribution in [2.45, 2.75) is 56.7 Å². The average molecular weight is 507 g/mol. The quantitative estimate of drug-likeness (QED) is 0.473. The fourth-order valence-electron chi connectivity index (χ4n) is 3.86. The first-order valence-corrected chi connectivity index (χ1v) is 12.8. The third-order valence-electron chi connectivity index (χ3n) is 5.78. The summed E-state index contributed by atoms with van der Waals surface area (Å²) in [7, 11) is -3.04. The highest BCUT2D eigenvalue weighted by Crippen LogP contribution is 2.36. The highest BCUT2D eigenvalue weighted by atomic mass is 35.5. The van der Waals surface area contributed by atoms with Gasteiger partial charge in [0.2, 0.25) is 0 Å². The Bertz CT molecular complexity index is 996. The van der Waals surface area contributed by atoms with Gasteiger partial charge in [-0.1, -0.05) is 35.3 Å². The van der Waals surface area contributed by atoms with Gasteiger partial charge in [0.05, 0.1) is 27.7 Å². The Morgan fingerprint density at radius 2 is 1.87 bits per heavy atom. The van der Waals surface area contributed by atoms with Gasteiger partial charge in [0, 0.05) is 12.0 Å². The van der Waals surface area contributed by atoms with Gasteiger partial charge in [-0.2, -0.15) is 0 Å². The molecule has 0 heterocycles. The summed E-state index contributed by atoms with van der Waals surface area (Å²) >= 11 is 12.2. The van der Waals surface area contributed by atoms with Crippen molar-refractivity contribution in [1.29, 1.82) is 0 Å². The third kappa shape index (κ3) is 6.75. The fourth-order valence-corrected chi connectivity index (χ4v) is 5.17. The van der Waals surface area contributed by atoms with Gasteiger partial charge in [-0.15, -0.1) is 12.4 Å². The number of halogens is 3. The van der Waals surface area contributed by atoms with E-state index in [1.807, 2.05) is 24.3 Å². The van der Waals surface area contributed by atoms with Gasteiger partial charge in [-0.3, -0.25) is 0 Å². The van der Waals surface area contributed by atoms with Crippen molar-refractivity contribution in [3.63, 3.8) is 0 Å². The van der Waals surface area contributed by atoms with E-state index < -0.39 is 9.84 Å². The van der Waals surface area contributed by atoms with E-state index in [0.29, 0.717) is 23.1 Å². The van der Waals surface area contributed by atoms with E-state index >= 15 is 0 Å². The van der Waals surface area contributed by atoms with Crippen LogP contribution in [0.1, 0.15) is 49.3 Å². The van der Waals surface area contributed by atoms with Gasteiger partial charge in [-0.25, -0.2) is 8.42 Å². The second-order valence-corrected chi connectivity index (χ2v) is 11.7. The molecule has 0 radical (unpaired) electrons. The number of benzene rings is 2. The SMILES string of the molecule is CC(C)S(=O)(=O)CCCOc1ccc2c(c1)C(Cc1ccc(Cl)c(Cl)c1)C(N)CC2.Cl. The van der Waals surface area contributed by atoms with E-state index in [9.17, 15) is 8.42 Å². The minimum Gasteiger partial charge on any atom is -0.494 e. The first-order valence-electron chi connectivity index (χ1n) is 10.3. The third-order valence-corrected chi connectivity index (χ3v) is 8.81. The van der Waals surface area contributed by atoms with Gasteiger partial charge in [-0.05, 0) is 80.5 Å². The van der Waals surface area contributed by atoms with Gasteiger partial charge in [0.25, 0.3) is 0 Å². The van der Waals surface area contributed by atoms with Crippen LogP contribution in [0.5, 0.6) is 5.75 Å². The maximum Gasteiger partial charge on any atom is 0.152 e. The monoisotopic (exact) mass is 505 g/mol. The molecular weight excluding hydrogens is 477 g/mol. The van der Waals surface area contributed by atoms with Crippen molar-refractivity contribution in [2.24, 2.45) is 5.73 Å². The molecule has 0 fully saturated rings. The molecule has 31 heavy (non-hydrogen) atoms. The Morgan fingerprint density at radius 3 is 2.55 bits per heavy atom. The van der Waals surface area contributed by atoms with Crippen molar-refractivity contribution < 1.29 is 13.2 Å². The second kappa shape index (κ2) is 11.2. The molecule has 0 saturated heterocycles. The first kappa shape index (κ1) is 26.3. The standard InChI is InChI=1S/C23H29Cl2NO3S.ClH/c1-15(2)30(27,28)11-3-10-29-18-7-5-17-6-9-23(26)20(19(17)14-18)12-16-4-8-21(24)22(25)13-16;/h4-5,7-8,13-15,20,23H,3,6,9-12,26H2,1-2H3;1H. The maximum absolute atomic E-state index is 11.9. The molecule has 1 aliphatic rings. The minimum atomic E-state index is -3.04. The Hall–Kier alpha value is -0.980. The topological polar surface area (TPSA) is 69.4 Å². The Labute approximate surface area is 201 Å². The summed E-state index contributed by atoms with van der Waals surface area (Å²) in [4.78, 5) is 0. The minimum absolute atomic E-state index is 0. The normalized spacial score (nSPS) is 18.4. The Morgan fingerprint density at radius 1 is 1.13 bits per heavy atom. The van der Waals surface area contributed by atoms with Crippen molar-refractivity contribution in [2.75, 3.05) is 12.4 Å². The number of ether oxygens (including phenoxy) is 1. The zero-order valence-electron chi connectivity index (χ0n) is 17.8. The molecule has 0 bridgehead atoms. The van der Waals surface area contributed by atoms with Crippen LogP contribution < -0.4 is 10.5 Å². The Kier molecular flexibility index (Phi) is 9.53. The summed E-state index contributed by atoms with van der Waals surface area (Å²) in [5.74, 6) is 1.06. The van der Waals surface area contributed by atoms with Crippen LogP contribution in [0.4, 0.5) is 0 Å². The van der Waals surface area contributed by atoms with Crippen LogP contribution in [-0.4, -0.2) is 32.1 Å². The smallest absolute Gasteiger partial charge is 0.152 e. The summed E-state index contributed by atoms with van der Waals surface area (Å²) in [6.07, 6.45) is 3.14. The highest BCUT2D eigenvalue weighted by molar-refractivity contribution is 7.91. The number of hydrogen-bond donors (Lipinski definition) is 1. The summed E-state index contributed by atoms with van der Waals surface area (Å²) in [6.45, 7) is 3.78. The molecule has 2 unspecified atom stereocenters. The van der Waals surface area contributed by atoms with E-state index in [1.165, 1.54) is 11.1 Å². The molecule has 2 N–H and O–H groups in total. The van der Waals surface area contributed by atoms with E-state index in [1.54, 1.807) is 13.8 Å². The molecule has 0 aromatic heterocycles. The van der Waals surface area contributed by atoms with Crippen LogP contribution in [0.25, 0.3) is 0 Å². The molecule has 4 nitrogen and oxygen atoms in total. The van der Waals surface area contributed by atoms with Crippen molar-refractivity contribution in [3.05, 3.63) is 63.1 Å². The first-order chi connectivity index (χ1) is 14.2. The number of sulfone groups is 1. The van der Waals surface area contributed by atoms with E-state index in [-0.39, 0.29) is 35.4 Å². The number of aryl methyl sites for hydroxylation is 1. The lowest BCUT2D eigenvalue weighted by molar-refractivity contribution is 0.316. The molecule has 3 rings (SSSR count). The van der Waals surface area contributed by atoms with Gasteiger partial charge in [0.15, 0.2) is 9.84 Å². The summed E-state index contributed by atoms with van der Waals surface area (Å²) in [5.41, 5.74) is 10.1. The predicted molar refractivity (Wildman–Crippen MR) is 132 cm³/mol. The molecule has 2 aromatic carbocycles. The highest BCUT2D eigenvalue weighted by Gasteiger charge is 2.28. The zero-order chi connectivity index (χ0) is 21.9. The number of hydrogen-bond acceptors (Lipinski definition) is 4. The van der Waals surface area contributed by atoms with Gasteiger partial charge >= 0.3 is 0 Å². The van der Waals surface area contributed by atoms with E-state index in [2.05, 4.69) is 12.1 Å². The van der Waals surface area contributed by atoms with Crippen LogP contribution in [0.2, 0.25) is 10.0 Å². The summed E-state index contributed by atoms with van der Waals surface area (Å²) in [6, 6.07) is 11.9. The molecule has 0 amide bonds. The van der Waals surface area contributed by atoms with Crippen molar-refractivity contribution >= 4 is 45.4 Å². The molecule has 2 aromatic rings. The van der Waals surface area contributed by atoms with Crippen LogP contribution in [-0.2, 0) is 22.7 Å². The number of fused-ring (bicyclic) bond motifs is 1. The molecule has 172 valence electrons. The summed E-state index contributed by atoms with van der Waals surface area (Å²) < 4.78 is 29.8. The van der Waals surface area contributed by atoms with Crippen LogP contribution in [0, 0.1) is 0 Å². The van der Waals surface area contributed by atoms with Gasteiger partial charge < -0.3 is 10.5 Å². The lowest BCUT2D eigenvalue weighted by Crippen LogP contribution is -2.34. The predicted octanol–water partition coefficient (Wildman–Crippen LogP) is 5.61. The molecule has 0 aliphatic heterocycles. The zero-order valence-corrected chi connectivity index (χ0v) is 21.0. The van der Waals surface area contributed by atoms with Crippen molar-refractivity contribution in [3.8, 4) is 5.75 Å². The molecule has 0 saturated carbocycles. The molecule has 2 atom stereocenters. The Balaban J connectivity index is 0.00000341. The lowest BCUT2D eigenvalue weighted by atomic mass is 9.76. The molecule has 8 heteroatoms. The van der Waals surface area contributed by atoms with E-state index in [0.717, 1.165) is 30.6 Å². The van der Waals surface area contributed by atoms with E-state index in [4.69, 9.17) is 33.7 Å². The van der Waals surface area contributed by atoms with Crippen molar-refractivity contribution in [1.82, 2.24) is 0 Å². The van der Waals surface area contributed by atoms with Crippen LogP contribution >= 0.6 is 35.6 Å². The second-order valence-electron chi connectivity index (χ2n) is 8.24. The molecular formula is C23H30Cl3NO3S. The lowest BCUT2D eigenvalue weighted by Gasteiger charge is -2.32. The number of nitrogens with two attached hydrogens (primary N) is 1. The van der Waals surface area contributed by atoms with Gasteiger partial charge in [0.1, 0.15) is 5.75 Å². The maximum atomic E-state index is 11.9. The fraction of sp³-hybridized carbons (Fsp3) is 0.478. The largest absolute Gasteiger partial charge is 0.494 e. The van der Waals surface area contributed by atoms with Crippen LogP contribution in [0.15, 0.2) is 36.4 Å². The number of rotatable bonds is 8. The average Bonchev–Trinajstić information content (AvgIpc) is 2.70. The summed E-state index contributed by atoms with van der Waals surface area (Å²) in [5, 5.41) is 0.737. The molecule has 1 aliphatic carbocycles.